The predicted molar refractivity (Wildman–Crippen MR) is 55.1 cm³/mol. The Labute approximate surface area is 85.1 Å². The lowest BCUT2D eigenvalue weighted by Gasteiger charge is -2.14. The van der Waals surface area contributed by atoms with E-state index in [-0.39, 0.29) is 12.0 Å². The molecule has 0 fully saturated rings. The van der Waals surface area contributed by atoms with Crippen molar-refractivity contribution in [2.75, 3.05) is 6.61 Å². The molecule has 0 spiro atoms. The van der Waals surface area contributed by atoms with Gasteiger partial charge < -0.3 is 9.63 Å². The number of aromatic nitrogens is 1. The number of rotatable bonds is 4. The Balaban J connectivity index is 2.51. The molecule has 1 N–H and O–H groups in total. The van der Waals surface area contributed by atoms with Crippen molar-refractivity contribution in [2.24, 2.45) is 5.41 Å². The van der Waals surface area contributed by atoms with Crippen LogP contribution in [0.1, 0.15) is 38.6 Å². The van der Waals surface area contributed by atoms with Gasteiger partial charge in [-0.3, -0.25) is 0 Å². The van der Waals surface area contributed by atoms with Gasteiger partial charge in [0.15, 0.2) is 0 Å². The first-order chi connectivity index (χ1) is 6.51. The van der Waals surface area contributed by atoms with Crippen molar-refractivity contribution in [1.82, 2.24) is 5.16 Å². The maximum absolute atomic E-state index is 8.66. The van der Waals surface area contributed by atoms with Crippen LogP contribution >= 0.6 is 0 Å². The molecule has 0 unspecified atom stereocenters. The molecule has 3 heteroatoms. The normalized spacial score (nSPS) is 12.0. The maximum Gasteiger partial charge on any atom is 0.137 e. The van der Waals surface area contributed by atoms with Crippen LogP contribution in [-0.4, -0.2) is 16.9 Å². The third kappa shape index (κ3) is 3.92. The quantitative estimate of drug-likeness (QED) is 0.804. The summed E-state index contributed by atoms with van der Waals surface area (Å²) in [5, 5.41) is 12.7. The number of hydrogen-bond donors (Lipinski definition) is 1. The molecule has 0 aliphatic rings. The molecule has 0 amide bonds. The van der Waals surface area contributed by atoms with Crippen LogP contribution in [0.3, 0.4) is 0 Å². The van der Waals surface area contributed by atoms with E-state index in [4.69, 9.17) is 9.63 Å². The second-order valence-electron chi connectivity index (χ2n) is 4.85. The molecule has 3 nitrogen and oxygen atoms in total. The van der Waals surface area contributed by atoms with Crippen LogP contribution < -0.4 is 0 Å². The van der Waals surface area contributed by atoms with Crippen molar-refractivity contribution >= 4 is 0 Å². The van der Waals surface area contributed by atoms with E-state index in [1.807, 2.05) is 6.07 Å². The molecular formula is C11H19NO2. The van der Waals surface area contributed by atoms with Crippen LogP contribution in [0.2, 0.25) is 0 Å². The summed E-state index contributed by atoms with van der Waals surface area (Å²) in [6.45, 7) is 6.73. The van der Waals surface area contributed by atoms with Gasteiger partial charge >= 0.3 is 0 Å². The van der Waals surface area contributed by atoms with E-state index in [9.17, 15) is 0 Å². The van der Waals surface area contributed by atoms with Gasteiger partial charge in [0.05, 0.1) is 5.69 Å². The van der Waals surface area contributed by atoms with Gasteiger partial charge in [-0.05, 0) is 18.3 Å². The molecule has 1 aromatic heterocycles. The highest BCUT2D eigenvalue weighted by molar-refractivity contribution is 5.07. The third-order valence-corrected chi connectivity index (χ3v) is 1.90. The van der Waals surface area contributed by atoms with E-state index in [0.717, 1.165) is 30.7 Å². The summed E-state index contributed by atoms with van der Waals surface area (Å²) in [7, 11) is 0. The Morgan fingerprint density at radius 2 is 2.14 bits per heavy atom. The Kier molecular flexibility index (Phi) is 3.69. The highest BCUT2D eigenvalue weighted by Gasteiger charge is 2.14. The van der Waals surface area contributed by atoms with Crippen LogP contribution in [0.4, 0.5) is 0 Å². The van der Waals surface area contributed by atoms with Crippen molar-refractivity contribution in [2.45, 2.75) is 40.0 Å². The van der Waals surface area contributed by atoms with Crippen LogP contribution in [0, 0.1) is 5.41 Å². The van der Waals surface area contributed by atoms with Crippen molar-refractivity contribution in [3.8, 4) is 0 Å². The third-order valence-electron chi connectivity index (χ3n) is 1.90. The van der Waals surface area contributed by atoms with Gasteiger partial charge in [-0.1, -0.05) is 25.9 Å². The molecule has 0 aliphatic carbocycles. The number of nitrogens with zero attached hydrogens (tertiary/aromatic N) is 1. The summed E-state index contributed by atoms with van der Waals surface area (Å²) in [5.41, 5.74) is 1.25. The van der Waals surface area contributed by atoms with Crippen LogP contribution in [0.15, 0.2) is 10.6 Å². The zero-order valence-corrected chi connectivity index (χ0v) is 9.21. The van der Waals surface area contributed by atoms with Crippen molar-refractivity contribution in [1.29, 1.82) is 0 Å². The smallest absolute Gasteiger partial charge is 0.137 e. The van der Waals surface area contributed by atoms with E-state index < -0.39 is 0 Å². The first-order valence-corrected chi connectivity index (χ1v) is 5.06. The summed E-state index contributed by atoms with van der Waals surface area (Å²) in [4.78, 5) is 0. The molecule has 1 heterocycles. The van der Waals surface area contributed by atoms with E-state index in [1.165, 1.54) is 0 Å². The fraction of sp³-hybridized carbons (Fsp3) is 0.727. The van der Waals surface area contributed by atoms with Crippen molar-refractivity contribution in [3.63, 3.8) is 0 Å². The Morgan fingerprint density at radius 3 is 2.71 bits per heavy atom. The zero-order chi connectivity index (χ0) is 10.6. The molecule has 0 bridgehead atoms. The van der Waals surface area contributed by atoms with E-state index >= 15 is 0 Å². The second-order valence-corrected chi connectivity index (χ2v) is 4.85. The van der Waals surface area contributed by atoms with Gasteiger partial charge in [-0.2, -0.15) is 0 Å². The van der Waals surface area contributed by atoms with E-state index in [2.05, 4.69) is 25.9 Å². The molecular weight excluding hydrogens is 178 g/mol. The van der Waals surface area contributed by atoms with Crippen molar-refractivity contribution in [3.05, 3.63) is 17.5 Å². The summed E-state index contributed by atoms with van der Waals surface area (Å²) < 4.78 is 5.15. The van der Waals surface area contributed by atoms with Gasteiger partial charge in [-0.15, -0.1) is 0 Å². The van der Waals surface area contributed by atoms with E-state index in [0.29, 0.717) is 0 Å². The number of aliphatic hydroxyl groups excluding tert-OH is 1. The zero-order valence-electron chi connectivity index (χ0n) is 9.21. The lowest BCUT2D eigenvalue weighted by molar-refractivity contribution is 0.279. The number of hydrogen-bond acceptors (Lipinski definition) is 3. The van der Waals surface area contributed by atoms with Gasteiger partial charge in [0.2, 0.25) is 0 Å². The molecule has 1 rings (SSSR count). The molecule has 0 radical (unpaired) electrons. The second kappa shape index (κ2) is 4.60. The Morgan fingerprint density at radius 1 is 1.43 bits per heavy atom. The average Bonchev–Trinajstić information content (AvgIpc) is 2.46. The molecule has 1 aromatic rings. The lowest BCUT2D eigenvalue weighted by Crippen LogP contribution is -2.09. The van der Waals surface area contributed by atoms with E-state index in [1.54, 1.807) is 0 Å². The SMILES string of the molecule is CC(C)(C)Cc1cc(CCCO)on1. The van der Waals surface area contributed by atoms with Crippen LogP contribution in [-0.2, 0) is 12.8 Å². The van der Waals surface area contributed by atoms with Gasteiger partial charge in [-0.25, -0.2) is 0 Å². The first kappa shape index (κ1) is 11.2. The minimum atomic E-state index is 0.204. The molecule has 0 saturated heterocycles. The summed E-state index contributed by atoms with van der Waals surface area (Å²) in [6.07, 6.45) is 2.44. The molecule has 14 heavy (non-hydrogen) atoms. The molecule has 0 saturated carbocycles. The lowest BCUT2D eigenvalue weighted by atomic mass is 9.90. The van der Waals surface area contributed by atoms with Crippen LogP contribution in [0.5, 0.6) is 0 Å². The van der Waals surface area contributed by atoms with Crippen molar-refractivity contribution < 1.29 is 9.63 Å². The molecule has 0 atom stereocenters. The average molecular weight is 197 g/mol. The molecule has 0 aromatic carbocycles. The highest BCUT2D eigenvalue weighted by Crippen LogP contribution is 2.20. The monoisotopic (exact) mass is 197 g/mol. The fourth-order valence-electron chi connectivity index (χ4n) is 1.35. The topological polar surface area (TPSA) is 46.3 Å². The first-order valence-electron chi connectivity index (χ1n) is 5.06. The van der Waals surface area contributed by atoms with Crippen LogP contribution in [0.25, 0.3) is 0 Å². The van der Waals surface area contributed by atoms with Gasteiger partial charge in [0.25, 0.3) is 0 Å². The van der Waals surface area contributed by atoms with Gasteiger partial charge in [0, 0.05) is 19.1 Å². The van der Waals surface area contributed by atoms with Gasteiger partial charge in [0.1, 0.15) is 5.76 Å². The molecule has 80 valence electrons. The number of aryl methyl sites for hydroxylation is 1. The standard InChI is InChI=1S/C11H19NO2/c1-11(2,3)8-9-7-10(14-12-9)5-4-6-13/h7,13H,4-6,8H2,1-3H3. The largest absolute Gasteiger partial charge is 0.396 e. The minimum absolute atomic E-state index is 0.204. The Hall–Kier alpha value is -0.830. The predicted octanol–water partition coefficient (Wildman–Crippen LogP) is 2.19. The highest BCUT2D eigenvalue weighted by atomic mass is 16.5. The minimum Gasteiger partial charge on any atom is -0.396 e. The molecule has 0 aliphatic heterocycles. The maximum atomic E-state index is 8.66. The Bertz CT molecular complexity index is 273. The summed E-state index contributed by atoms with van der Waals surface area (Å²) in [6, 6.07) is 1.99. The summed E-state index contributed by atoms with van der Waals surface area (Å²) >= 11 is 0. The fourth-order valence-corrected chi connectivity index (χ4v) is 1.35. The number of aliphatic hydroxyl groups is 1. The summed E-state index contributed by atoms with van der Waals surface area (Å²) in [5.74, 6) is 0.873.